The molecule has 1 aromatic heterocycles. The molecular formula is C9H13N3O. The Hall–Kier alpha value is -1.32. The minimum Gasteiger partial charge on any atom is -0.350 e. The molecule has 1 aliphatic carbocycles. The zero-order valence-electron chi connectivity index (χ0n) is 7.63. The van der Waals surface area contributed by atoms with Crippen molar-refractivity contribution in [3.05, 3.63) is 18.2 Å². The lowest BCUT2D eigenvalue weighted by atomic mass is 10.1. The van der Waals surface area contributed by atoms with Crippen LogP contribution in [0, 0.1) is 5.41 Å². The third-order valence-corrected chi connectivity index (χ3v) is 2.54. The molecule has 1 amide bonds. The van der Waals surface area contributed by atoms with E-state index in [1.807, 2.05) is 6.92 Å². The number of hydrogen-bond donors (Lipinski definition) is 2. The van der Waals surface area contributed by atoms with Crippen LogP contribution >= 0.6 is 0 Å². The molecule has 1 aromatic rings. The lowest BCUT2D eigenvalue weighted by Crippen LogP contribution is -2.29. The normalized spacial score (nSPS) is 18.2. The number of imidazole rings is 1. The minimum atomic E-state index is -0.0833. The van der Waals surface area contributed by atoms with Gasteiger partial charge in [0.05, 0.1) is 18.6 Å². The minimum absolute atomic E-state index is 0.0833. The summed E-state index contributed by atoms with van der Waals surface area (Å²) in [6, 6.07) is 0. The predicted molar refractivity (Wildman–Crippen MR) is 47.8 cm³/mol. The zero-order valence-corrected chi connectivity index (χ0v) is 7.63. The largest absolute Gasteiger partial charge is 0.350 e. The first-order chi connectivity index (χ1) is 6.21. The number of amides is 1. The van der Waals surface area contributed by atoms with E-state index >= 15 is 0 Å². The second-order valence-corrected chi connectivity index (χ2v) is 3.82. The predicted octanol–water partition coefficient (Wildman–Crippen LogP) is 0.826. The summed E-state index contributed by atoms with van der Waals surface area (Å²) in [7, 11) is 0. The van der Waals surface area contributed by atoms with E-state index in [0.717, 1.165) is 18.5 Å². The van der Waals surface area contributed by atoms with Crippen molar-refractivity contribution < 1.29 is 4.79 Å². The molecule has 2 rings (SSSR count). The molecule has 2 N–H and O–H groups in total. The number of aromatic amines is 1. The van der Waals surface area contributed by atoms with Gasteiger partial charge in [0.25, 0.3) is 0 Å². The maximum Gasteiger partial charge on any atom is 0.226 e. The molecule has 1 saturated carbocycles. The van der Waals surface area contributed by atoms with Gasteiger partial charge in [0, 0.05) is 11.6 Å². The summed E-state index contributed by atoms with van der Waals surface area (Å²) in [6.45, 7) is 2.55. The Labute approximate surface area is 76.8 Å². The van der Waals surface area contributed by atoms with E-state index in [9.17, 15) is 4.79 Å². The monoisotopic (exact) mass is 179 g/mol. The van der Waals surface area contributed by atoms with Crippen LogP contribution in [0.5, 0.6) is 0 Å². The number of carbonyl (C=O) groups excluding carboxylic acids is 1. The fourth-order valence-corrected chi connectivity index (χ4v) is 1.18. The van der Waals surface area contributed by atoms with Crippen molar-refractivity contribution in [2.45, 2.75) is 26.3 Å². The molecule has 0 spiro atoms. The van der Waals surface area contributed by atoms with E-state index in [1.54, 1.807) is 12.5 Å². The van der Waals surface area contributed by atoms with Crippen LogP contribution < -0.4 is 5.32 Å². The van der Waals surface area contributed by atoms with Gasteiger partial charge in [0.1, 0.15) is 0 Å². The smallest absolute Gasteiger partial charge is 0.226 e. The molecular weight excluding hydrogens is 166 g/mol. The van der Waals surface area contributed by atoms with Crippen molar-refractivity contribution in [3.63, 3.8) is 0 Å². The van der Waals surface area contributed by atoms with E-state index in [0.29, 0.717) is 6.54 Å². The van der Waals surface area contributed by atoms with Crippen LogP contribution in [0.4, 0.5) is 0 Å². The molecule has 0 unspecified atom stereocenters. The van der Waals surface area contributed by atoms with Crippen LogP contribution in [0.3, 0.4) is 0 Å². The first kappa shape index (κ1) is 8.29. The van der Waals surface area contributed by atoms with E-state index in [1.165, 1.54) is 0 Å². The van der Waals surface area contributed by atoms with Gasteiger partial charge in [0.15, 0.2) is 0 Å². The number of hydrogen-bond acceptors (Lipinski definition) is 2. The molecule has 70 valence electrons. The van der Waals surface area contributed by atoms with Crippen LogP contribution in [0.15, 0.2) is 12.5 Å². The molecule has 0 saturated heterocycles. The second kappa shape index (κ2) is 2.87. The van der Waals surface area contributed by atoms with Gasteiger partial charge in [-0.05, 0) is 12.8 Å². The third-order valence-electron chi connectivity index (χ3n) is 2.54. The molecule has 0 bridgehead atoms. The van der Waals surface area contributed by atoms with Crippen molar-refractivity contribution >= 4 is 5.91 Å². The van der Waals surface area contributed by atoms with Crippen molar-refractivity contribution in [2.24, 2.45) is 5.41 Å². The summed E-state index contributed by atoms with van der Waals surface area (Å²) in [5, 5.41) is 2.88. The number of aromatic nitrogens is 2. The fourth-order valence-electron chi connectivity index (χ4n) is 1.18. The maximum atomic E-state index is 11.5. The molecule has 13 heavy (non-hydrogen) atoms. The van der Waals surface area contributed by atoms with Crippen molar-refractivity contribution in [1.82, 2.24) is 15.3 Å². The average molecular weight is 179 g/mol. The van der Waals surface area contributed by atoms with Crippen molar-refractivity contribution in [3.8, 4) is 0 Å². The van der Waals surface area contributed by atoms with E-state index in [-0.39, 0.29) is 11.3 Å². The Morgan fingerprint density at radius 3 is 3.08 bits per heavy atom. The number of H-pyrrole nitrogens is 1. The molecule has 1 heterocycles. The van der Waals surface area contributed by atoms with Gasteiger partial charge >= 0.3 is 0 Å². The number of carbonyl (C=O) groups is 1. The summed E-state index contributed by atoms with van der Waals surface area (Å²) in [5.74, 6) is 0.155. The lowest BCUT2D eigenvalue weighted by molar-refractivity contribution is -0.125. The Kier molecular flexibility index (Phi) is 1.83. The standard InChI is InChI=1S/C9H13N3O/c1-9(2-3-9)8(13)11-5-7-4-10-6-12-7/h4,6H,2-3,5H2,1H3,(H,10,12)(H,11,13). The molecule has 0 radical (unpaired) electrons. The molecule has 0 aliphatic heterocycles. The summed E-state index contributed by atoms with van der Waals surface area (Å²) in [4.78, 5) is 18.3. The number of nitrogens with one attached hydrogen (secondary N) is 2. The Morgan fingerprint density at radius 1 is 1.77 bits per heavy atom. The summed E-state index contributed by atoms with van der Waals surface area (Å²) in [6.07, 6.45) is 5.36. The molecule has 4 heteroatoms. The van der Waals surface area contributed by atoms with Crippen LogP contribution in [-0.2, 0) is 11.3 Å². The van der Waals surface area contributed by atoms with Crippen molar-refractivity contribution in [1.29, 1.82) is 0 Å². The zero-order chi connectivity index (χ0) is 9.31. The first-order valence-electron chi connectivity index (χ1n) is 4.46. The highest BCUT2D eigenvalue weighted by Gasteiger charge is 2.44. The Bertz CT molecular complexity index is 301. The van der Waals surface area contributed by atoms with Gasteiger partial charge in [-0.1, -0.05) is 6.92 Å². The topological polar surface area (TPSA) is 57.8 Å². The van der Waals surface area contributed by atoms with Gasteiger partial charge in [-0.2, -0.15) is 0 Å². The SMILES string of the molecule is CC1(C(=O)NCc2cnc[nH]2)CC1. The molecule has 0 aromatic carbocycles. The fraction of sp³-hybridized carbons (Fsp3) is 0.556. The quantitative estimate of drug-likeness (QED) is 0.722. The van der Waals surface area contributed by atoms with E-state index < -0.39 is 0 Å². The number of nitrogens with zero attached hydrogens (tertiary/aromatic N) is 1. The van der Waals surface area contributed by atoms with Crippen LogP contribution in [0.25, 0.3) is 0 Å². The average Bonchev–Trinajstić information content (AvgIpc) is 2.70. The Balaban J connectivity index is 1.83. The van der Waals surface area contributed by atoms with Gasteiger partial charge in [-0.15, -0.1) is 0 Å². The highest BCUT2D eigenvalue weighted by molar-refractivity contribution is 5.84. The van der Waals surface area contributed by atoms with Gasteiger partial charge in [-0.3, -0.25) is 4.79 Å². The molecule has 4 nitrogen and oxygen atoms in total. The van der Waals surface area contributed by atoms with E-state index in [2.05, 4.69) is 15.3 Å². The van der Waals surface area contributed by atoms with Gasteiger partial charge in [0.2, 0.25) is 5.91 Å². The van der Waals surface area contributed by atoms with Gasteiger partial charge in [-0.25, -0.2) is 4.98 Å². The van der Waals surface area contributed by atoms with Crippen LogP contribution in [-0.4, -0.2) is 15.9 Å². The molecule has 1 fully saturated rings. The molecule has 0 atom stereocenters. The second-order valence-electron chi connectivity index (χ2n) is 3.82. The highest BCUT2D eigenvalue weighted by Crippen LogP contribution is 2.44. The summed E-state index contributed by atoms with van der Waals surface area (Å²) >= 11 is 0. The lowest BCUT2D eigenvalue weighted by Gasteiger charge is -2.08. The number of rotatable bonds is 3. The summed E-state index contributed by atoms with van der Waals surface area (Å²) < 4.78 is 0. The molecule has 1 aliphatic rings. The first-order valence-corrected chi connectivity index (χ1v) is 4.46. The summed E-state index contributed by atoms with van der Waals surface area (Å²) in [5.41, 5.74) is 0.859. The van der Waals surface area contributed by atoms with Crippen LogP contribution in [0.2, 0.25) is 0 Å². The van der Waals surface area contributed by atoms with Crippen LogP contribution in [0.1, 0.15) is 25.5 Å². The third kappa shape index (κ3) is 1.71. The van der Waals surface area contributed by atoms with E-state index in [4.69, 9.17) is 0 Å². The maximum absolute atomic E-state index is 11.5. The van der Waals surface area contributed by atoms with Gasteiger partial charge < -0.3 is 10.3 Å². The highest BCUT2D eigenvalue weighted by atomic mass is 16.2. The Morgan fingerprint density at radius 2 is 2.54 bits per heavy atom. The van der Waals surface area contributed by atoms with Crippen molar-refractivity contribution in [2.75, 3.05) is 0 Å².